The molecule has 0 aliphatic carbocycles. The lowest BCUT2D eigenvalue weighted by Gasteiger charge is -2.07. The van der Waals surface area contributed by atoms with Crippen LogP contribution in [0.4, 0.5) is 4.39 Å². The second kappa shape index (κ2) is 7.02. The molecule has 5 heteroatoms. The van der Waals surface area contributed by atoms with E-state index in [1.807, 2.05) is 17.7 Å². The Kier molecular flexibility index (Phi) is 5.09. The van der Waals surface area contributed by atoms with E-state index in [0.717, 1.165) is 11.1 Å². The van der Waals surface area contributed by atoms with Gasteiger partial charge in [-0.15, -0.1) is 0 Å². The van der Waals surface area contributed by atoms with Crippen LogP contribution < -0.4 is 11.1 Å². The zero-order valence-electron chi connectivity index (χ0n) is 11.6. The third-order valence-corrected chi connectivity index (χ3v) is 3.86. The van der Waals surface area contributed by atoms with Crippen LogP contribution in [0.5, 0.6) is 0 Å². The predicted molar refractivity (Wildman–Crippen MR) is 82.6 cm³/mol. The molecule has 0 bridgehead atoms. The summed E-state index contributed by atoms with van der Waals surface area (Å²) in [6, 6.07) is 3.96. The van der Waals surface area contributed by atoms with Gasteiger partial charge in [-0.2, -0.15) is 11.3 Å². The molecule has 0 saturated heterocycles. The van der Waals surface area contributed by atoms with Crippen LogP contribution in [-0.4, -0.2) is 12.5 Å². The van der Waals surface area contributed by atoms with Crippen molar-refractivity contribution in [2.24, 2.45) is 5.73 Å². The Balaban J connectivity index is 2.18. The summed E-state index contributed by atoms with van der Waals surface area (Å²) in [5.41, 5.74) is 8.21. The topological polar surface area (TPSA) is 55.1 Å². The smallest absolute Gasteiger partial charge is 0.252 e. The largest absolute Gasteiger partial charge is 0.348 e. The van der Waals surface area contributed by atoms with Crippen molar-refractivity contribution >= 4 is 17.2 Å². The summed E-state index contributed by atoms with van der Waals surface area (Å²) >= 11 is 1.58. The molecule has 0 radical (unpaired) electrons. The van der Waals surface area contributed by atoms with E-state index in [-0.39, 0.29) is 18.0 Å². The Morgan fingerprint density at radius 3 is 2.90 bits per heavy atom. The van der Waals surface area contributed by atoms with Crippen LogP contribution in [0.2, 0.25) is 0 Å². The van der Waals surface area contributed by atoms with Crippen molar-refractivity contribution in [1.29, 1.82) is 0 Å². The number of carbonyl (C=O) groups excluding carboxylic acids is 1. The van der Waals surface area contributed by atoms with E-state index < -0.39 is 5.82 Å². The van der Waals surface area contributed by atoms with Gasteiger partial charge in [-0.25, -0.2) is 4.39 Å². The van der Waals surface area contributed by atoms with Crippen LogP contribution in [-0.2, 0) is 6.54 Å². The first-order valence-electron chi connectivity index (χ1n) is 6.40. The summed E-state index contributed by atoms with van der Waals surface area (Å²) in [7, 11) is 0. The number of hydrogen-bond donors (Lipinski definition) is 2. The van der Waals surface area contributed by atoms with E-state index in [0.29, 0.717) is 12.1 Å². The van der Waals surface area contributed by atoms with Crippen molar-refractivity contribution in [1.82, 2.24) is 5.32 Å². The van der Waals surface area contributed by atoms with E-state index in [1.165, 1.54) is 18.2 Å². The van der Waals surface area contributed by atoms with Gasteiger partial charge >= 0.3 is 0 Å². The van der Waals surface area contributed by atoms with Gasteiger partial charge in [0.2, 0.25) is 0 Å². The molecule has 0 aliphatic rings. The Morgan fingerprint density at radius 1 is 1.43 bits per heavy atom. The lowest BCUT2D eigenvalue weighted by atomic mass is 10.1. The highest BCUT2D eigenvalue weighted by Gasteiger charge is 2.12. The summed E-state index contributed by atoms with van der Waals surface area (Å²) in [6.45, 7) is 2.58. The van der Waals surface area contributed by atoms with Gasteiger partial charge in [0.25, 0.3) is 5.91 Å². The lowest BCUT2D eigenvalue weighted by Crippen LogP contribution is -2.24. The number of aryl methyl sites for hydroxylation is 1. The zero-order chi connectivity index (χ0) is 15.2. The number of halogens is 1. The first kappa shape index (κ1) is 15.2. The molecule has 1 amide bonds. The van der Waals surface area contributed by atoms with Gasteiger partial charge in [0, 0.05) is 12.1 Å². The highest BCUT2D eigenvalue weighted by Crippen LogP contribution is 2.14. The van der Waals surface area contributed by atoms with E-state index in [9.17, 15) is 9.18 Å². The van der Waals surface area contributed by atoms with Gasteiger partial charge < -0.3 is 11.1 Å². The summed E-state index contributed by atoms with van der Waals surface area (Å²) in [5.74, 6) is 4.65. The maximum Gasteiger partial charge on any atom is 0.252 e. The normalized spacial score (nSPS) is 9.86. The van der Waals surface area contributed by atoms with Gasteiger partial charge in [0.1, 0.15) is 5.82 Å². The molecule has 108 valence electrons. The fourth-order valence-corrected chi connectivity index (χ4v) is 2.66. The minimum absolute atomic E-state index is 0.187. The number of nitrogens with two attached hydrogens (primary N) is 1. The molecular formula is C16H15FN2OS. The second-order valence-electron chi connectivity index (χ2n) is 4.46. The Labute approximate surface area is 127 Å². The van der Waals surface area contributed by atoms with Crippen LogP contribution in [0.3, 0.4) is 0 Å². The Bertz CT molecular complexity index is 713. The molecule has 21 heavy (non-hydrogen) atoms. The van der Waals surface area contributed by atoms with Crippen LogP contribution in [0.1, 0.15) is 27.0 Å². The third-order valence-electron chi connectivity index (χ3n) is 2.95. The fraction of sp³-hybridized carbons (Fsp3) is 0.188. The van der Waals surface area contributed by atoms with Crippen LogP contribution in [0.15, 0.2) is 29.0 Å². The predicted octanol–water partition coefficient (Wildman–Crippen LogP) is 2.44. The highest BCUT2D eigenvalue weighted by molar-refractivity contribution is 7.08. The number of benzene rings is 1. The van der Waals surface area contributed by atoms with Gasteiger partial charge in [0.15, 0.2) is 0 Å². The van der Waals surface area contributed by atoms with Gasteiger partial charge in [-0.3, -0.25) is 4.79 Å². The molecule has 1 aromatic heterocycles. The van der Waals surface area contributed by atoms with Crippen molar-refractivity contribution < 1.29 is 9.18 Å². The molecular weight excluding hydrogens is 287 g/mol. The first-order valence-corrected chi connectivity index (χ1v) is 7.34. The quantitative estimate of drug-likeness (QED) is 0.856. The molecule has 3 N–H and O–H groups in total. The standard InChI is InChI=1S/C16H15FN2OS/c1-11-9-21-10-13(11)8-19-16(20)15-7-14(17)5-4-12(15)3-2-6-18/h4-5,7,9-10H,6,8,18H2,1H3,(H,19,20). The van der Waals surface area contributed by atoms with Crippen molar-refractivity contribution in [3.8, 4) is 11.8 Å². The molecule has 1 heterocycles. The van der Waals surface area contributed by atoms with Gasteiger partial charge in [0.05, 0.1) is 12.1 Å². The van der Waals surface area contributed by atoms with Crippen molar-refractivity contribution in [2.75, 3.05) is 6.54 Å². The number of hydrogen-bond acceptors (Lipinski definition) is 3. The number of carbonyl (C=O) groups is 1. The van der Waals surface area contributed by atoms with E-state index in [1.54, 1.807) is 11.3 Å². The van der Waals surface area contributed by atoms with E-state index in [4.69, 9.17) is 5.73 Å². The second-order valence-corrected chi connectivity index (χ2v) is 5.20. The maximum atomic E-state index is 13.4. The molecule has 0 atom stereocenters. The molecule has 1 aromatic carbocycles. The third kappa shape index (κ3) is 3.91. The average molecular weight is 302 g/mol. The number of nitrogens with one attached hydrogen (secondary N) is 1. The van der Waals surface area contributed by atoms with E-state index in [2.05, 4.69) is 17.2 Å². The molecule has 2 aromatic rings. The maximum absolute atomic E-state index is 13.4. The van der Waals surface area contributed by atoms with E-state index >= 15 is 0 Å². The minimum Gasteiger partial charge on any atom is -0.348 e. The first-order chi connectivity index (χ1) is 10.1. The van der Waals surface area contributed by atoms with Crippen LogP contribution in [0.25, 0.3) is 0 Å². The molecule has 3 nitrogen and oxygen atoms in total. The number of amides is 1. The molecule has 0 spiro atoms. The Hall–Kier alpha value is -2.16. The number of thiophene rings is 1. The molecule has 0 aliphatic heterocycles. The summed E-state index contributed by atoms with van der Waals surface area (Å²) in [4.78, 5) is 12.2. The van der Waals surface area contributed by atoms with Crippen LogP contribution in [0, 0.1) is 24.6 Å². The van der Waals surface area contributed by atoms with Crippen LogP contribution >= 0.6 is 11.3 Å². The molecule has 0 fully saturated rings. The minimum atomic E-state index is -0.467. The number of rotatable bonds is 3. The monoisotopic (exact) mass is 302 g/mol. The molecule has 2 rings (SSSR count). The summed E-state index contributed by atoms with van der Waals surface area (Å²) in [6.07, 6.45) is 0. The molecule has 0 unspecified atom stereocenters. The SMILES string of the molecule is Cc1cscc1CNC(=O)c1cc(F)ccc1C#CCN. The Morgan fingerprint density at radius 2 is 2.24 bits per heavy atom. The lowest BCUT2D eigenvalue weighted by molar-refractivity contribution is 0.0950. The van der Waals surface area contributed by atoms with Crippen molar-refractivity contribution in [3.05, 3.63) is 57.0 Å². The summed E-state index contributed by atoms with van der Waals surface area (Å²) in [5, 5.41) is 6.79. The average Bonchev–Trinajstić information content (AvgIpc) is 2.88. The van der Waals surface area contributed by atoms with Gasteiger partial charge in [-0.1, -0.05) is 11.8 Å². The fourth-order valence-electron chi connectivity index (χ4n) is 1.80. The molecule has 0 saturated carbocycles. The van der Waals surface area contributed by atoms with Crippen molar-refractivity contribution in [3.63, 3.8) is 0 Å². The van der Waals surface area contributed by atoms with Crippen molar-refractivity contribution in [2.45, 2.75) is 13.5 Å². The summed E-state index contributed by atoms with van der Waals surface area (Å²) < 4.78 is 13.4. The highest BCUT2D eigenvalue weighted by atomic mass is 32.1. The zero-order valence-corrected chi connectivity index (χ0v) is 12.4. The van der Waals surface area contributed by atoms with Gasteiger partial charge in [-0.05, 0) is 47.0 Å².